The number of nitriles is 1. The van der Waals surface area contributed by atoms with Gasteiger partial charge in [0.25, 0.3) is 0 Å². The molecule has 41 heavy (non-hydrogen) atoms. The van der Waals surface area contributed by atoms with Crippen molar-refractivity contribution in [2.45, 2.75) is 29.5 Å². The summed E-state index contributed by atoms with van der Waals surface area (Å²) in [5.41, 5.74) is 9.61. The number of furan rings is 1. The maximum Gasteiger partial charge on any atom is 0.236 e. The minimum absolute atomic E-state index is 0.0462. The molecule has 1 aromatic carbocycles. The van der Waals surface area contributed by atoms with Gasteiger partial charge in [0, 0.05) is 33.7 Å². The molecule has 1 unspecified atom stereocenters. The number of ketones is 1. The number of carbonyl (C=O) groups excluding carboxylic acids is 2. The quantitative estimate of drug-likeness (QED) is 0.237. The monoisotopic (exact) mass is 621 g/mol. The van der Waals surface area contributed by atoms with Gasteiger partial charge in [-0.2, -0.15) is 5.26 Å². The summed E-state index contributed by atoms with van der Waals surface area (Å²) in [7, 11) is 0. The molecular formula is C27H20ClN7O3S3. The number of hydrogen-bond donors (Lipinski definition) is 2. The Bertz CT molecular complexity index is 1740. The van der Waals surface area contributed by atoms with E-state index in [9.17, 15) is 14.9 Å². The number of Topliss-reactive ketones (excluding diaryl/α,β-unsaturated/α-hetero) is 1. The first-order valence-corrected chi connectivity index (χ1v) is 15.5. The van der Waals surface area contributed by atoms with E-state index in [0.717, 1.165) is 11.3 Å². The van der Waals surface area contributed by atoms with Crippen molar-refractivity contribution >= 4 is 68.0 Å². The average Bonchev–Trinajstić information content (AvgIpc) is 3.75. The van der Waals surface area contributed by atoms with Crippen LogP contribution in [0, 0.1) is 11.3 Å². The SMILES string of the molecule is N#CC1=C(N)N(c2nnc(SCC(=O)Nc3nc(-c4ccc(Cl)cc4)cs3)s2)C2=C(C(=O)CCC2)C1c1ccco1. The van der Waals surface area contributed by atoms with Gasteiger partial charge in [0.15, 0.2) is 15.3 Å². The van der Waals surface area contributed by atoms with Crippen molar-refractivity contribution in [2.24, 2.45) is 5.73 Å². The van der Waals surface area contributed by atoms with E-state index in [4.69, 9.17) is 21.8 Å². The molecule has 3 aromatic heterocycles. The summed E-state index contributed by atoms with van der Waals surface area (Å²) in [4.78, 5) is 31.9. The third-order valence-corrected chi connectivity index (χ3v) is 9.60. The molecule has 3 N–H and O–H groups in total. The normalized spacial score (nSPS) is 17.0. The van der Waals surface area contributed by atoms with E-state index in [1.807, 2.05) is 17.5 Å². The van der Waals surface area contributed by atoms with Crippen molar-refractivity contribution in [3.8, 4) is 17.3 Å². The second-order valence-electron chi connectivity index (χ2n) is 9.06. The largest absolute Gasteiger partial charge is 0.468 e. The number of halogens is 1. The van der Waals surface area contributed by atoms with Crippen molar-refractivity contribution in [2.75, 3.05) is 16.0 Å². The van der Waals surface area contributed by atoms with Crippen LogP contribution in [0.4, 0.5) is 10.3 Å². The molecule has 206 valence electrons. The van der Waals surface area contributed by atoms with Crippen LogP contribution in [0.3, 0.4) is 0 Å². The van der Waals surface area contributed by atoms with Crippen LogP contribution in [-0.2, 0) is 9.59 Å². The number of amides is 1. The van der Waals surface area contributed by atoms with Crippen molar-refractivity contribution in [3.05, 3.63) is 81.5 Å². The Hall–Kier alpha value is -3.96. The molecular weight excluding hydrogens is 602 g/mol. The Balaban J connectivity index is 1.18. The summed E-state index contributed by atoms with van der Waals surface area (Å²) in [6.07, 6.45) is 3.15. The highest BCUT2D eigenvalue weighted by atomic mass is 35.5. The third-order valence-electron chi connectivity index (χ3n) is 6.55. The molecule has 6 rings (SSSR count). The molecule has 0 fully saturated rings. The number of hydrogen-bond acceptors (Lipinski definition) is 12. The van der Waals surface area contributed by atoms with Gasteiger partial charge in [0.1, 0.15) is 11.6 Å². The van der Waals surface area contributed by atoms with Gasteiger partial charge in [0.05, 0.1) is 35.3 Å². The maximum absolute atomic E-state index is 13.1. The zero-order valence-electron chi connectivity index (χ0n) is 21.2. The van der Waals surface area contributed by atoms with Crippen LogP contribution in [-0.4, -0.2) is 32.6 Å². The zero-order valence-corrected chi connectivity index (χ0v) is 24.4. The van der Waals surface area contributed by atoms with E-state index >= 15 is 0 Å². The number of thiazole rings is 1. The minimum atomic E-state index is -0.661. The average molecular weight is 622 g/mol. The minimum Gasteiger partial charge on any atom is -0.468 e. The number of allylic oxidation sites excluding steroid dienone is 3. The second-order valence-corrected chi connectivity index (χ2v) is 12.5. The lowest BCUT2D eigenvalue weighted by molar-refractivity contribution is -0.116. The molecule has 1 atom stereocenters. The number of nitrogens with zero attached hydrogens (tertiary/aromatic N) is 5. The van der Waals surface area contributed by atoms with Gasteiger partial charge >= 0.3 is 0 Å². The molecule has 10 nitrogen and oxygen atoms in total. The number of nitrogens with two attached hydrogens (primary N) is 1. The van der Waals surface area contributed by atoms with Crippen LogP contribution >= 0.6 is 46.0 Å². The highest BCUT2D eigenvalue weighted by Gasteiger charge is 2.42. The summed E-state index contributed by atoms with van der Waals surface area (Å²) < 4.78 is 6.14. The van der Waals surface area contributed by atoms with Crippen molar-refractivity contribution in [3.63, 3.8) is 0 Å². The Morgan fingerprint density at radius 2 is 2.10 bits per heavy atom. The topological polar surface area (TPSA) is 151 Å². The van der Waals surface area contributed by atoms with Crippen LogP contribution in [0.5, 0.6) is 0 Å². The van der Waals surface area contributed by atoms with Crippen molar-refractivity contribution < 1.29 is 14.0 Å². The Kier molecular flexibility index (Phi) is 7.63. The molecule has 0 radical (unpaired) electrons. The summed E-state index contributed by atoms with van der Waals surface area (Å²) in [6, 6.07) is 13.0. The first-order chi connectivity index (χ1) is 19.9. The predicted octanol–water partition coefficient (Wildman–Crippen LogP) is 5.94. The van der Waals surface area contributed by atoms with Crippen molar-refractivity contribution in [1.29, 1.82) is 5.26 Å². The van der Waals surface area contributed by atoms with Gasteiger partial charge in [-0.25, -0.2) is 4.98 Å². The molecule has 0 saturated carbocycles. The Labute approximate surface area is 251 Å². The van der Waals surface area contributed by atoms with Gasteiger partial charge in [-0.1, -0.05) is 46.8 Å². The van der Waals surface area contributed by atoms with E-state index in [-0.39, 0.29) is 28.8 Å². The fraction of sp³-hybridized carbons (Fsp3) is 0.185. The number of rotatable bonds is 7. The standard InChI is InChI=1S/C27H20ClN7O3S3/c28-15-8-6-14(7-9-15)17-12-39-25(31-17)32-21(37)13-40-27-34-33-26(41-27)35-18-3-1-4-19(36)23(18)22(16(11-29)24(35)30)20-5-2-10-38-20/h2,5-10,12,22H,1,3-4,13,30H2,(H,31,32,37). The maximum atomic E-state index is 13.1. The third kappa shape index (κ3) is 5.39. The number of aromatic nitrogens is 3. The van der Waals surface area contributed by atoms with Crippen LogP contribution in [0.25, 0.3) is 11.3 Å². The van der Waals surface area contributed by atoms with E-state index in [1.54, 1.807) is 29.2 Å². The highest BCUT2D eigenvalue weighted by molar-refractivity contribution is 8.01. The summed E-state index contributed by atoms with van der Waals surface area (Å²) in [5, 5.41) is 24.8. The first-order valence-electron chi connectivity index (χ1n) is 12.4. The van der Waals surface area contributed by atoms with Crippen molar-refractivity contribution in [1.82, 2.24) is 15.2 Å². The molecule has 2 aliphatic rings. The fourth-order valence-electron chi connectivity index (χ4n) is 4.76. The smallest absolute Gasteiger partial charge is 0.236 e. The summed E-state index contributed by atoms with van der Waals surface area (Å²) in [5.74, 6) is -0.176. The lowest BCUT2D eigenvalue weighted by Crippen LogP contribution is -2.38. The van der Waals surface area contributed by atoms with Gasteiger partial charge < -0.3 is 15.5 Å². The Morgan fingerprint density at radius 3 is 2.85 bits per heavy atom. The number of anilines is 2. The van der Waals surface area contributed by atoms with Crippen LogP contribution in [0.1, 0.15) is 30.9 Å². The highest BCUT2D eigenvalue weighted by Crippen LogP contribution is 2.47. The lowest BCUT2D eigenvalue weighted by atomic mass is 9.78. The van der Waals surface area contributed by atoms with E-state index < -0.39 is 5.92 Å². The zero-order chi connectivity index (χ0) is 28.5. The summed E-state index contributed by atoms with van der Waals surface area (Å²) >= 11 is 9.74. The predicted molar refractivity (Wildman–Crippen MR) is 158 cm³/mol. The number of carbonyl (C=O) groups is 2. The molecule has 1 aliphatic heterocycles. The summed E-state index contributed by atoms with van der Waals surface area (Å²) in [6.45, 7) is 0. The molecule has 1 aliphatic carbocycles. The molecule has 1 amide bonds. The van der Waals surface area contributed by atoms with Gasteiger partial charge in [-0.3, -0.25) is 14.5 Å². The lowest BCUT2D eigenvalue weighted by Gasteiger charge is -2.37. The Morgan fingerprint density at radius 1 is 1.27 bits per heavy atom. The van der Waals surface area contributed by atoms with Crippen LogP contribution in [0.15, 0.2) is 79.5 Å². The van der Waals surface area contributed by atoms with E-state index in [0.29, 0.717) is 55.9 Å². The molecule has 4 aromatic rings. The fourth-order valence-corrected chi connectivity index (χ4v) is 7.31. The number of nitrogens with one attached hydrogen (secondary N) is 1. The molecule has 0 spiro atoms. The number of thioether (sulfide) groups is 1. The second kappa shape index (κ2) is 11.5. The number of benzene rings is 1. The van der Waals surface area contributed by atoms with Crippen LogP contribution in [0.2, 0.25) is 5.02 Å². The van der Waals surface area contributed by atoms with Gasteiger partial charge in [-0.15, -0.1) is 21.5 Å². The molecule has 0 bridgehead atoms. The van der Waals surface area contributed by atoms with E-state index in [1.165, 1.54) is 40.7 Å². The first kappa shape index (κ1) is 27.2. The molecule has 14 heteroatoms. The van der Waals surface area contributed by atoms with E-state index in [2.05, 4.69) is 26.6 Å². The van der Waals surface area contributed by atoms with Gasteiger partial charge in [0.2, 0.25) is 11.0 Å². The van der Waals surface area contributed by atoms with Crippen LogP contribution < -0.4 is 16.0 Å². The molecule has 0 saturated heterocycles. The molecule has 4 heterocycles. The van der Waals surface area contributed by atoms with Gasteiger partial charge in [-0.05, 0) is 37.1 Å².